The first kappa shape index (κ1) is 19.3. The number of carbonyl (C=O) groups excluding carboxylic acids is 1. The minimum absolute atomic E-state index is 0.0502. The minimum Gasteiger partial charge on any atom is -0.394 e. The van der Waals surface area contributed by atoms with E-state index in [1.165, 1.54) is 6.92 Å². The normalized spacial score (nSPS) is 13.2. The van der Waals surface area contributed by atoms with Gasteiger partial charge in [-0.05, 0) is 43.5 Å². The summed E-state index contributed by atoms with van der Waals surface area (Å²) in [6.07, 6.45) is 3.55. The van der Waals surface area contributed by atoms with Crippen LogP contribution in [-0.2, 0) is 17.6 Å². The lowest BCUT2D eigenvalue weighted by atomic mass is 10.00. The molecule has 9 heteroatoms. The maximum absolute atomic E-state index is 11.3. The standard InChI is InChI=1S/C20H22N6O2S/c1-11(10-27)22-20-25-16-7-6-13-9-21-19(26-17(13)18(16)29-20)24-15-5-3-4-14(8-15)23-12(2)28/h3-5,8-9,11,27H,6-7,10H2,1-2H3,(H,22,25)(H,23,28)(H,21,24,26). The zero-order chi connectivity index (χ0) is 20.4. The molecule has 1 aromatic carbocycles. The van der Waals surface area contributed by atoms with Crippen molar-refractivity contribution < 1.29 is 9.90 Å². The monoisotopic (exact) mass is 410 g/mol. The van der Waals surface area contributed by atoms with Crippen molar-refractivity contribution in [3.8, 4) is 10.6 Å². The highest BCUT2D eigenvalue weighted by molar-refractivity contribution is 7.19. The Kier molecular flexibility index (Phi) is 5.41. The van der Waals surface area contributed by atoms with Crippen molar-refractivity contribution in [1.82, 2.24) is 15.0 Å². The highest BCUT2D eigenvalue weighted by Crippen LogP contribution is 2.39. The third-order valence-electron chi connectivity index (χ3n) is 4.49. The summed E-state index contributed by atoms with van der Waals surface area (Å²) >= 11 is 1.55. The van der Waals surface area contributed by atoms with E-state index >= 15 is 0 Å². The number of hydrogen-bond acceptors (Lipinski definition) is 8. The van der Waals surface area contributed by atoms with Crippen LogP contribution in [0.4, 0.5) is 22.5 Å². The van der Waals surface area contributed by atoms with Crippen LogP contribution in [0.25, 0.3) is 10.6 Å². The fourth-order valence-corrected chi connectivity index (χ4v) is 4.28. The minimum atomic E-state index is -0.121. The zero-order valence-electron chi connectivity index (χ0n) is 16.2. The predicted octanol–water partition coefficient (Wildman–Crippen LogP) is 3.19. The molecule has 150 valence electrons. The second-order valence-electron chi connectivity index (χ2n) is 6.98. The van der Waals surface area contributed by atoms with Crippen molar-refractivity contribution in [3.05, 3.63) is 41.7 Å². The van der Waals surface area contributed by atoms with Gasteiger partial charge in [0, 0.05) is 30.5 Å². The van der Waals surface area contributed by atoms with Crippen LogP contribution in [0.1, 0.15) is 25.1 Å². The van der Waals surface area contributed by atoms with E-state index in [0.717, 1.165) is 45.5 Å². The third-order valence-corrected chi connectivity index (χ3v) is 5.53. The number of aromatic nitrogens is 3. The topological polar surface area (TPSA) is 112 Å². The van der Waals surface area contributed by atoms with E-state index < -0.39 is 0 Å². The number of thiazole rings is 1. The molecule has 0 aliphatic heterocycles. The van der Waals surface area contributed by atoms with Gasteiger partial charge in [-0.3, -0.25) is 4.79 Å². The zero-order valence-corrected chi connectivity index (χ0v) is 17.0. The summed E-state index contributed by atoms with van der Waals surface area (Å²) in [4.78, 5) is 26.2. The molecule has 3 aromatic rings. The largest absolute Gasteiger partial charge is 0.394 e. The van der Waals surface area contributed by atoms with Crippen molar-refractivity contribution in [2.75, 3.05) is 22.6 Å². The van der Waals surface area contributed by atoms with Crippen LogP contribution in [0.2, 0.25) is 0 Å². The van der Waals surface area contributed by atoms with Crippen LogP contribution in [0.3, 0.4) is 0 Å². The van der Waals surface area contributed by atoms with E-state index in [4.69, 9.17) is 4.98 Å². The van der Waals surface area contributed by atoms with Crippen molar-refractivity contribution in [1.29, 1.82) is 0 Å². The number of nitrogens with zero attached hydrogens (tertiary/aromatic N) is 3. The van der Waals surface area contributed by atoms with Gasteiger partial charge in [-0.1, -0.05) is 17.4 Å². The van der Waals surface area contributed by atoms with Crippen molar-refractivity contribution in [2.24, 2.45) is 0 Å². The van der Waals surface area contributed by atoms with Gasteiger partial charge in [-0.2, -0.15) is 0 Å². The molecule has 1 aliphatic carbocycles. The second kappa shape index (κ2) is 8.14. The Hall–Kier alpha value is -3.04. The molecule has 0 saturated carbocycles. The average molecular weight is 411 g/mol. The summed E-state index contributed by atoms with van der Waals surface area (Å²) in [6.45, 7) is 3.44. The lowest BCUT2D eigenvalue weighted by Crippen LogP contribution is -2.19. The molecular weight excluding hydrogens is 388 g/mol. The number of fused-ring (bicyclic) bond motifs is 3. The van der Waals surface area contributed by atoms with Gasteiger partial charge in [-0.25, -0.2) is 15.0 Å². The molecule has 2 heterocycles. The van der Waals surface area contributed by atoms with E-state index in [9.17, 15) is 9.90 Å². The summed E-state index contributed by atoms with van der Waals surface area (Å²) in [5.74, 6) is 0.369. The Morgan fingerprint density at radius 1 is 1.28 bits per heavy atom. The van der Waals surface area contributed by atoms with Gasteiger partial charge >= 0.3 is 0 Å². The number of aryl methyl sites for hydroxylation is 2. The fourth-order valence-electron chi connectivity index (χ4n) is 3.13. The van der Waals surface area contributed by atoms with Crippen LogP contribution in [0.15, 0.2) is 30.5 Å². The van der Waals surface area contributed by atoms with Gasteiger partial charge in [-0.15, -0.1) is 0 Å². The molecule has 1 atom stereocenters. The number of carbonyl (C=O) groups is 1. The summed E-state index contributed by atoms with van der Waals surface area (Å²) in [6, 6.07) is 7.35. The Labute approximate surface area is 172 Å². The summed E-state index contributed by atoms with van der Waals surface area (Å²) in [5.41, 5.74) is 4.51. The van der Waals surface area contributed by atoms with Gasteiger partial charge < -0.3 is 21.1 Å². The molecular formula is C20H22N6O2S. The number of aliphatic hydroxyl groups excluding tert-OH is 1. The summed E-state index contributed by atoms with van der Waals surface area (Å²) in [7, 11) is 0. The Morgan fingerprint density at radius 2 is 2.10 bits per heavy atom. The molecule has 1 amide bonds. The number of nitrogens with one attached hydrogen (secondary N) is 3. The lowest BCUT2D eigenvalue weighted by molar-refractivity contribution is -0.114. The van der Waals surface area contributed by atoms with E-state index in [2.05, 4.69) is 25.9 Å². The quantitative estimate of drug-likeness (QED) is 0.494. The average Bonchev–Trinajstić information content (AvgIpc) is 3.10. The lowest BCUT2D eigenvalue weighted by Gasteiger charge is -2.15. The van der Waals surface area contributed by atoms with Gasteiger partial charge in [0.05, 0.1) is 22.9 Å². The highest BCUT2D eigenvalue weighted by Gasteiger charge is 2.23. The van der Waals surface area contributed by atoms with Gasteiger partial charge in [0.25, 0.3) is 0 Å². The maximum atomic E-state index is 11.3. The number of benzene rings is 1. The number of amides is 1. The number of aliphatic hydroxyl groups is 1. The first-order chi connectivity index (χ1) is 14.0. The van der Waals surface area contributed by atoms with E-state index in [1.807, 2.05) is 37.4 Å². The van der Waals surface area contributed by atoms with Crippen LogP contribution in [0.5, 0.6) is 0 Å². The second-order valence-corrected chi connectivity index (χ2v) is 7.98. The number of hydrogen-bond donors (Lipinski definition) is 4. The smallest absolute Gasteiger partial charge is 0.227 e. The van der Waals surface area contributed by atoms with Crippen molar-refractivity contribution in [3.63, 3.8) is 0 Å². The van der Waals surface area contributed by atoms with Crippen molar-refractivity contribution >= 4 is 39.7 Å². The number of anilines is 4. The van der Waals surface area contributed by atoms with Crippen LogP contribution in [0, 0.1) is 0 Å². The Morgan fingerprint density at radius 3 is 2.90 bits per heavy atom. The van der Waals surface area contributed by atoms with E-state index in [1.54, 1.807) is 11.3 Å². The van der Waals surface area contributed by atoms with Gasteiger partial charge in [0.15, 0.2) is 5.13 Å². The first-order valence-electron chi connectivity index (χ1n) is 9.40. The molecule has 0 saturated heterocycles. The Balaban J connectivity index is 1.60. The molecule has 1 aliphatic rings. The van der Waals surface area contributed by atoms with Crippen LogP contribution < -0.4 is 16.0 Å². The molecule has 0 spiro atoms. The highest BCUT2D eigenvalue weighted by atomic mass is 32.1. The molecule has 4 N–H and O–H groups in total. The third kappa shape index (κ3) is 4.36. The van der Waals surface area contributed by atoms with Crippen molar-refractivity contribution in [2.45, 2.75) is 32.7 Å². The molecule has 2 aromatic heterocycles. The molecule has 1 unspecified atom stereocenters. The molecule has 29 heavy (non-hydrogen) atoms. The van der Waals surface area contributed by atoms with Crippen LogP contribution >= 0.6 is 11.3 Å². The molecule has 0 bridgehead atoms. The number of rotatable bonds is 6. The maximum Gasteiger partial charge on any atom is 0.227 e. The van der Waals surface area contributed by atoms with E-state index in [-0.39, 0.29) is 18.6 Å². The molecule has 0 fully saturated rings. The molecule has 0 radical (unpaired) electrons. The summed E-state index contributed by atoms with van der Waals surface area (Å²) in [5, 5.41) is 19.2. The van der Waals surface area contributed by atoms with Gasteiger partial charge in [0.2, 0.25) is 11.9 Å². The SMILES string of the molecule is CC(=O)Nc1cccc(Nc2ncc3c(n2)-c2sc(NC(C)CO)nc2CC3)c1. The van der Waals surface area contributed by atoms with E-state index in [0.29, 0.717) is 11.6 Å². The van der Waals surface area contributed by atoms with Gasteiger partial charge in [0.1, 0.15) is 0 Å². The molecule has 4 rings (SSSR count). The Bertz CT molecular complexity index is 1050. The predicted molar refractivity (Wildman–Crippen MR) is 115 cm³/mol. The molecule has 8 nitrogen and oxygen atoms in total. The summed E-state index contributed by atoms with van der Waals surface area (Å²) < 4.78 is 0. The first-order valence-corrected chi connectivity index (χ1v) is 10.2. The fraction of sp³-hybridized carbons (Fsp3) is 0.300. The van der Waals surface area contributed by atoms with Crippen LogP contribution in [-0.4, -0.2) is 38.6 Å².